The molecule has 10 nitrogen and oxygen atoms in total. The second-order valence-corrected chi connectivity index (χ2v) is 9.00. The van der Waals surface area contributed by atoms with Crippen LogP contribution in [0.1, 0.15) is 11.4 Å². The van der Waals surface area contributed by atoms with Crippen LogP contribution < -0.4 is 15.4 Å². The second-order valence-electron chi connectivity index (χ2n) is 7.89. The van der Waals surface area contributed by atoms with Gasteiger partial charge in [-0.05, 0) is 60.7 Å². The van der Waals surface area contributed by atoms with Gasteiger partial charge in [-0.25, -0.2) is 4.21 Å². The Bertz CT molecular complexity index is 1040. The third kappa shape index (κ3) is 12.2. The van der Waals surface area contributed by atoms with Gasteiger partial charge in [0.05, 0.1) is 37.8 Å². The summed E-state index contributed by atoms with van der Waals surface area (Å²) in [4.78, 5) is 11.1. The average Bonchev–Trinajstić information content (AvgIpc) is 2.89. The minimum Gasteiger partial charge on any atom is -0.378 e. The van der Waals surface area contributed by atoms with E-state index in [1.807, 2.05) is 36.4 Å². The van der Waals surface area contributed by atoms with Crippen LogP contribution in [0.2, 0.25) is 0 Å². The monoisotopic (exact) mass is 544 g/mol. The number of aromatic nitrogens is 2. The summed E-state index contributed by atoms with van der Waals surface area (Å²) in [5, 5.41) is 6.58. The van der Waals surface area contributed by atoms with Gasteiger partial charge >= 0.3 is 0 Å². The van der Waals surface area contributed by atoms with Crippen LogP contribution in [0.5, 0.6) is 0 Å². The lowest BCUT2D eigenvalue weighted by atomic mass is 10.3. The fraction of sp³-hybridized carbons (Fsp3) is 0.320. The van der Waals surface area contributed by atoms with Crippen LogP contribution in [0.15, 0.2) is 73.1 Å². The molecule has 0 aliphatic heterocycles. The van der Waals surface area contributed by atoms with Crippen molar-refractivity contribution in [3.63, 3.8) is 0 Å². The van der Waals surface area contributed by atoms with Crippen molar-refractivity contribution in [1.29, 1.82) is 0 Å². The summed E-state index contributed by atoms with van der Waals surface area (Å²) in [5.41, 5.74) is 3.32. The molecule has 0 amide bonds. The summed E-state index contributed by atoms with van der Waals surface area (Å²) in [6, 6.07) is 18.7. The van der Waals surface area contributed by atoms with E-state index in [0.29, 0.717) is 43.8 Å². The summed E-state index contributed by atoms with van der Waals surface area (Å²) in [6.45, 7) is 4.81. The van der Waals surface area contributed by atoms with Crippen molar-refractivity contribution in [2.45, 2.75) is 13.1 Å². The number of rotatable bonds is 16. The first-order valence-corrected chi connectivity index (χ1v) is 13.3. The normalized spacial score (nSPS) is 11.7. The van der Waals surface area contributed by atoms with Gasteiger partial charge in [0.15, 0.2) is 5.11 Å². The maximum atomic E-state index is 10.8. The molecule has 198 valence electrons. The number of ether oxygens (including phenoxy) is 2. The summed E-state index contributed by atoms with van der Waals surface area (Å²) >= 11 is 3.17. The molecule has 37 heavy (non-hydrogen) atoms. The van der Waals surface area contributed by atoms with Crippen molar-refractivity contribution in [1.82, 2.24) is 20.2 Å². The highest BCUT2D eigenvalue weighted by Gasteiger charge is 2.09. The van der Waals surface area contributed by atoms with Crippen LogP contribution >= 0.6 is 12.2 Å². The topological polar surface area (TPSA) is 121 Å². The van der Waals surface area contributed by atoms with E-state index < -0.39 is 11.3 Å². The summed E-state index contributed by atoms with van der Waals surface area (Å²) < 4.78 is 33.4. The van der Waals surface area contributed by atoms with Gasteiger partial charge in [-0.2, -0.15) is 0 Å². The molecule has 0 fully saturated rings. The maximum absolute atomic E-state index is 10.8. The highest BCUT2D eigenvalue weighted by atomic mass is 32.2. The van der Waals surface area contributed by atoms with Gasteiger partial charge < -0.3 is 20.1 Å². The SMILES string of the molecule is O=S(O)Nc1ccc(NC(=S)NCCOCCOCCN(Cc2ccccn2)Cc2ccccn2)cc1. The zero-order valence-corrected chi connectivity index (χ0v) is 22.0. The number of nitrogens with one attached hydrogen (secondary N) is 3. The van der Waals surface area contributed by atoms with E-state index in [1.54, 1.807) is 36.7 Å². The third-order valence-electron chi connectivity index (χ3n) is 5.03. The predicted molar refractivity (Wildman–Crippen MR) is 149 cm³/mol. The highest BCUT2D eigenvalue weighted by molar-refractivity contribution is 7.80. The number of thiocarbonyl (C=S) groups is 1. The number of pyridine rings is 2. The molecule has 0 bridgehead atoms. The van der Waals surface area contributed by atoms with E-state index in [4.69, 9.17) is 26.2 Å². The fourth-order valence-electron chi connectivity index (χ4n) is 3.31. The summed E-state index contributed by atoms with van der Waals surface area (Å²) in [6.07, 6.45) is 3.61. The van der Waals surface area contributed by atoms with Crippen molar-refractivity contribution in [2.24, 2.45) is 0 Å². The zero-order chi connectivity index (χ0) is 26.1. The Balaban J connectivity index is 1.25. The number of hydrogen-bond donors (Lipinski definition) is 4. The smallest absolute Gasteiger partial charge is 0.259 e. The Hall–Kier alpha value is -3.00. The lowest BCUT2D eigenvalue weighted by molar-refractivity contribution is 0.0383. The van der Waals surface area contributed by atoms with Crippen molar-refractivity contribution in [3.8, 4) is 0 Å². The largest absolute Gasteiger partial charge is 0.378 e. The average molecular weight is 545 g/mol. The van der Waals surface area contributed by atoms with Gasteiger partial charge in [-0.3, -0.25) is 24.1 Å². The molecule has 2 aromatic heterocycles. The first kappa shape index (κ1) is 28.6. The summed E-state index contributed by atoms with van der Waals surface area (Å²) in [5.74, 6) is 0. The number of nitrogens with zero attached hydrogens (tertiary/aromatic N) is 3. The zero-order valence-electron chi connectivity index (χ0n) is 20.4. The standard InChI is InChI=1S/C25H32N6O4S2/c32-37(33)30-22-9-7-21(8-10-22)29-25(36)28-13-15-34-17-18-35-16-14-31(19-23-5-1-3-11-26-23)20-24-6-2-4-12-27-24/h1-12,30H,13-20H2,(H,32,33)(H2,28,29,36). The van der Waals surface area contributed by atoms with E-state index in [2.05, 4.69) is 30.2 Å². The fourth-order valence-corrected chi connectivity index (χ4v) is 3.86. The summed E-state index contributed by atoms with van der Waals surface area (Å²) in [7, 11) is 0. The Morgan fingerprint density at radius 3 is 2.03 bits per heavy atom. The van der Waals surface area contributed by atoms with Gasteiger partial charge in [-0.15, -0.1) is 0 Å². The molecule has 2 heterocycles. The molecule has 0 radical (unpaired) electrons. The molecular weight excluding hydrogens is 512 g/mol. The van der Waals surface area contributed by atoms with E-state index in [0.717, 1.165) is 36.7 Å². The van der Waals surface area contributed by atoms with Gasteiger partial charge in [0.25, 0.3) is 11.3 Å². The maximum Gasteiger partial charge on any atom is 0.259 e. The molecule has 1 unspecified atom stereocenters. The van der Waals surface area contributed by atoms with Crippen LogP contribution in [0.3, 0.4) is 0 Å². The minimum absolute atomic E-state index is 0.465. The van der Waals surface area contributed by atoms with Crippen molar-refractivity contribution in [2.75, 3.05) is 49.6 Å². The van der Waals surface area contributed by atoms with E-state index in [-0.39, 0.29) is 0 Å². The van der Waals surface area contributed by atoms with Crippen molar-refractivity contribution < 1.29 is 18.2 Å². The molecular formula is C25H32N6O4S2. The highest BCUT2D eigenvalue weighted by Crippen LogP contribution is 2.13. The molecule has 0 aliphatic rings. The number of benzene rings is 1. The van der Waals surface area contributed by atoms with E-state index >= 15 is 0 Å². The van der Waals surface area contributed by atoms with Crippen LogP contribution in [-0.2, 0) is 33.8 Å². The molecule has 4 N–H and O–H groups in total. The Labute approximate surface area is 225 Å². The number of anilines is 2. The van der Waals surface area contributed by atoms with E-state index in [9.17, 15) is 4.21 Å². The number of hydrogen-bond acceptors (Lipinski definition) is 7. The molecule has 0 saturated heterocycles. The van der Waals surface area contributed by atoms with Gasteiger partial charge in [0.2, 0.25) is 0 Å². The van der Waals surface area contributed by atoms with Crippen molar-refractivity contribution >= 4 is 40.0 Å². The van der Waals surface area contributed by atoms with E-state index in [1.165, 1.54) is 0 Å². The molecule has 1 atom stereocenters. The first-order valence-electron chi connectivity index (χ1n) is 11.8. The Morgan fingerprint density at radius 2 is 1.46 bits per heavy atom. The van der Waals surface area contributed by atoms with Crippen LogP contribution in [0.4, 0.5) is 11.4 Å². The minimum atomic E-state index is -2.10. The quantitative estimate of drug-likeness (QED) is 0.122. The molecule has 12 heteroatoms. The van der Waals surface area contributed by atoms with Gasteiger partial charge in [-0.1, -0.05) is 12.1 Å². The molecule has 1 aromatic carbocycles. The lowest BCUT2D eigenvalue weighted by Gasteiger charge is -2.21. The second kappa shape index (κ2) is 16.7. The van der Waals surface area contributed by atoms with Crippen LogP contribution in [0, 0.1) is 0 Å². The molecule has 0 aliphatic carbocycles. The van der Waals surface area contributed by atoms with Crippen molar-refractivity contribution in [3.05, 3.63) is 84.4 Å². The first-order chi connectivity index (χ1) is 18.1. The van der Waals surface area contributed by atoms with Gasteiger partial charge in [0, 0.05) is 49.9 Å². The molecule has 0 saturated carbocycles. The lowest BCUT2D eigenvalue weighted by Crippen LogP contribution is -2.31. The molecule has 3 aromatic rings. The van der Waals surface area contributed by atoms with Crippen LogP contribution in [-0.4, -0.2) is 68.3 Å². The van der Waals surface area contributed by atoms with Crippen LogP contribution in [0.25, 0.3) is 0 Å². The Kier molecular flexibility index (Phi) is 12.9. The third-order valence-corrected chi connectivity index (χ3v) is 5.68. The predicted octanol–water partition coefficient (Wildman–Crippen LogP) is 3.05. The molecule has 0 spiro atoms. The molecule has 3 rings (SSSR count). The Morgan fingerprint density at radius 1 is 0.865 bits per heavy atom. The van der Waals surface area contributed by atoms with Gasteiger partial charge in [0.1, 0.15) is 0 Å².